The average molecular weight is 519 g/mol. The van der Waals surface area contributed by atoms with Gasteiger partial charge in [0.25, 0.3) is 0 Å². The first-order valence-electron chi connectivity index (χ1n) is 12.6. The second-order valence-electron chi connectivity index (χ2n) is 9.35. The van der Waals surface area contributed by atoms with Crippen LogP contribution >= 0.6 is 23.3 Å². The molecule has 2 fully saturated rings. The first kappa shape index (κ1) is 23.5. The van der Waals surface area contributed by atoms with Crippen molar-refractivity contribution in [2.45, 2.75) is 50.3 Å². The van der Waals surface area contributed by atoms with Crippen LogP contribution in [0, 0.1) is 6.92 Å². The predicted molar refractivity (Wildman–Crippen MR) is 150 cm³/mol. The molecule has 186 valence electrons. The number of rotatable bonds is 8. The lowest BCUT2D eigenvalue weighted by Crippen LogP contribution is -2.38. The molecule has 1 atom stereocenters. The van der Waals surface area contributed by atoms with E-state index in [1.165, 1.54) is 19.3 Å². The van der Waals surface area contributed by atoms with Crippen molar-refractivity contribution in [1.29, 1.82) is 0 Å². The Kier molecular flexibility index (Phi) is 6.94. The maximum absolute atomic E-state index is 6.47. The van der Waals surface area contributed by atoms with Gasteiger partial charge < -0.3 is 20.1 Å². The van der Waals surface area contributed by atoms with Gasteiger partial charge in [0, 0.05) is 34.8 Å². The van der Waals surface area contributed by atoms with Gasteiger partial charge in [-0.3, -0.25) is 0 Å². The minimum atomic E-state index is 0.342. The van der Waals surface area contributed by atoms with Crippen molar-refractivity contribution < 1.29 is 4.74 Å². The Morgan fingerprint density at radius 3 is 2.72 bits per heavy atom. The zero-order chi connectivity index (χ0) is 24.3. The lowest BCUT2D eigenvalue weighted by molar-refractivity contribution is 0.472. The number of hydrogen-bond donors (Lipinski definition) is 3. The van der Waals surface area contributed by atoms with Crippen LogP contribution in [0.4, 0.5) is 11.6 Å². The van der Waals surface area contributed by atoms with Crippen molar-refractivity contribution in [3.8, 4) is 22.2 Å². The molecule has 1 saturated heterocycles. The molecule has 9 heteroatoms. The van der Waals surface area contributed by atoms with Crippen LogP contribution in [-0.4, -0.2) is 39.3 Å². The van der Waals surface area contributed by atoms with E-state index in [4.69, 9.17) is 14.7 Å². The van der Waals surface area contributed by atoms with Gasteiger partial charge in [0.1, 0.15) is 10.6 Å². The molecule has 2 aromatic heterocycles. The molecule has 3 heterocycles. The normalized spacial score (nSPS) is 18.1. The summed E-state index contributed by atoms with van der Waals surface area (Å²) >= 11 is 3.42. The molecular formula is C27H30N6OS2. The second kappa shape index (κ2) is 10.6. The molecule has 1 unspecified atom stereocenters. The van der Waals surface area contributed by atoms with E-state index in [-0.39, 0.29) is 0 Å². The van der Waals surface area contributed by atoms with Gasteiger partial charge in [-0.1, -0.05) is 30.7 Å². The van der Waals surface area contributed by atoms with Crippen LogP contribution in [0.2, 0.25) is 0 Å². The molecule has 1 saturated carbocycles. The smallest absolute Gasteiger partial charge is 0.240 e. The van der Waals surface area contributed by atoms with E-state index < -0.39 is 0 Å². The summed E-state index contributed by atoms with van der Waals surface area (Å²) < 4.78 is 10.1. The van der Waals surface area contributed by atoms with Gasteiger partial charge in [-0.2, -0.15) is 0 Å². The van der Waals surface area contributed by atoms with Crippen LogP contribution in [-0.2, 0) is 0 Å². The minimum Gasteiger partial charge on any atom is -0.437 e. The van der Waals surface area contributed by atoms with E-state index in [2.05, 4.69) is 44.6 Å². The van der Waals surface area contributed by atoms with Gasteiger partial charge in [-0.15, -0.1) is 11.3 Å². The number of nitrogens with one attached hydrogen (secondary N) is 3. The van der Waals surface area contributed by atoms with Crippen LogP contribution in [0.5, 0.6) is 11.6 Å². The van der Waals surface area contributed by atoms with Crippen molar-refractivity contribution in [1.82, 2.24) is 20.3 Å². The number of fused-ring (bicyclic) bond motifs is 1. The Morgan fingerprint density at radius 1 is 1.03 bits per heavy atom. The summed E-state index contributed by atoms with van der Waals surface area (Å²) in [5.74, 6) is 2.01. The monoisotopic (exact) mass is 518 g/mol. The first-order chi connectivity index (χ1) is 17.7. The number of ether oxygens (including phenoxy) is 1. The van der Waals surface area contributed by atoms with Gasteiger partial charge in [0.05, 0.1) is 16.4 Å². The van der Waals surface area contributed by atoms with Crippen LogP contribution < -0.4 is 20.1 Å². The highest BCUT2D eigenvalue weighted by molar-refractivity contribution is 8.01. The number of thiazole rings is 1. The van der Waals surface area contributed by atoms with Crippen LogP contribution in [0.3, 0.4) is 0 Å². The molecule has 0 bridgehead atoms. The fraction of sp³-hybridized carbons (Fsp3) is 0.370. The Balaban J connectivity index is 1.27. The molecule has 7 nitrogen and oxygen atoms in total. The van der Waals surface area contributed by atoms with Crippen molar-refractivity contribution >= 4 is 45.7 Å². The van der Waals surface area contributed by atoms with Crippen molar-refractivity contribution in [2.75, 3.05) is 23.1 Å². The Labute approximate surface area is 219 Å². The molecule has 0 spiro atoms. The lowest BCUT2D eigenvalue weighted by atomic mass is 10.0. The Bertz CT molecular complexity index is 1350. The van der Waals surface area contributed by atoms with E-state index in [1.807, 2.05) is 37.1 Å². The highest BCUT2D eigenvalue weighted by Gasteiger charge is 2.20. The number of piperidine rings is 1. The molecule has 2 aromatic carbocycles. The molecule has 2 aliphatic rings. The number of aryl methyl sites for hydroxylation is 1. The standard InChI is InChI=1S/C27H30N6OS2/c1-17-30-26(25(35-17)23-13-15-29-27(32-23)31-18-6-5-14-28-16-18)34-24-12-11-22(33-36-19-7-4-8-19)20-9-2-3-10-21(20)24/h2-3,9-13,15,18-19,28,33H,4-8,14,16H2,1H3,(H,29,31,32). The fourth-order valence-corrected chi connectivity index (χ4v) is 6.40. The number of aromatic nitrogens is 3. The van der Waals surface area contributed by atoms with Gasteiger partial charge in [-0.25, -0.2) is 15.0 Å². The topological polar surface area (TPSA) is 84.0 Å². The number of benzene rings is 2. The van der Waals surface area contributed by atoms with Crippen molar-refractivity contribution in [3.63, 3.8) is 0 Å². The van der Waals surface area contributed by atoms with E-state index in [0.29, 0.717) is 23.1 Å². The molecule has 0 radical (unpaired) electrons. The van der Waals surface area contributed by atoms with Gasteiger partial charge in [-0.05, 0) is 69.3 Å². The van der Waals surface area contributed by atoms with Gasteiger partial charge in [0.2, 0.25) is 11.8 Å². The molecule has 1 aliphatic heterocycles. The average Bonchev–Trinajstić information content (AvgIpc) is 3.25. The SMILES string of the molecule is Cc1nc(Oc2ccc(NSC3CCC3)c3ccccc23)c(-c2ccnc(NC3CCCNC3)n2)s1. The molecular weight excluding hydrogens is 488 g/mol. The van der Waals surface area contributed by atoms with Crippen LogP contribution in [0.1, 0.15) is 37.1 Å². The van der Waals surface area contributed by atoms with Crippen LogP contribution in [0.15, 0.2) is 48.7 Å². The predicted octanol–water partition coefficient (Wildman–Crippen LogP) is 6.63. The molecule has 36 heavy (non-hydrogen) atoms. The first-order valence-corrected chi connectivity index (χ1v) is 14.3. The summed E-state index contributed by atoms with van der Waals surface area (Å²) in [6, 6.07) is 14.8. The number of hydrogen-bond acceptors (Lipinski definition) is 9. The summed E-state index contributed by atoms with van der Waals surface area (Å²) in [6.45, 7) is 4.00. The maximum atomic E-state index is 6.47. The second-order valence-corrected chi connectivity index (χ2v) is 11.7. The number of anilines is 2. The molecule has 4 aromatic rings. The summed E-state index contributed by atoms with van der Waals surface area (Å²) in [5, 5.41) is 10.7. The summed E-state index contributed by atoms with van der Waals surface area (Å²) in [4.78, 5) is 14.9. The quantitative estimate of drug-likeness (QED) is 0.224. The summed E-state index contributed by atoms with van der Waals surface area (Å²) in [5.41, 5.74) is 1.93. The Hall–Kier alpha value is -2.88. The largest absolute Gasteiger partial charge is 0.437 e. The summed E-state index contributed by atoms with van der Waals surface area (Å²) in [6.07, 6.45) is 8.00. The molecule has 0 amide bonds. The zero-order valence-electron chi connectivity index (χ0n) is 20.3. The molecule has 3 N–H and O–H groups in total. The van der Waals surface area contributed by atoms with Crippen molar-refractivity contribution in [2.24, 2.45) is 0 Å². The highest BCUT2D eigenvalue weighted by atomic mass is 32.2. The fourth-order valence-electron chi connectivity index (χ4n) is 4.54. The van der Waals surface area contributed by atoms with E-state index >= 15 is 0 Å². The minimum absolute atomic E-state index is 0.342. The van der Waals surface area contributed by atoms with E-state index in [1.54, 1.807) is 17.5 Å². The summed E-state index contributed by atoms with van der Waals surface area (Å²) in [7, 11) is 0. The van der Waals surface area contributed by atoms with Crippen LogP contribution in [0.25, 0.3) is 21.3 Å². The van der Waals surface area contributed by atoms with Crippen molar-refractivity contribution in [3.05, 3.63) is 53.7 Å². The lowest BCUT2D eigenvalue weighted by Gasteiger charge is -2.25. The Morgan fingerprint density at radius 2 is 1.92 bits per heavy atom. The third-order valence-electron chi connectivity index (χ3n) is 6.70. The zero-order valence-corrected chi connectivity index (χ0v) is 21.9. The highest BCUT2D eigenvalue weighted by Crippen LogP contribution is 2.41. The molecule has 1 aliphatic carbocycles. The van der Waals surface area contributed by atoms with E-state index in [9.17, 15) is 0 Å². The van der Waals surface area contributed by atoms with Gasteiger partial charge in [0.15, 0.2) is 0 Å². The molecule has 6 rings (SSSR count). The number of nitrogens with zero attached hydrogens (tertiary/aromatic N) is 3. The van der Waals surface area contributed by atoms with E-state index in [0.717, 1.165) is 63.7 Å². The third kappa shape index (κ3) is 5.14. The third-order valence-corrected chi connectivity index (χ3v) is 8.82. The van der Waals surface area contributed by atoms with Gasteiger partial charge >= 0.3 is 0 Å². The maximum Gasteiger partial charge on any atom is 0.240 e.